The van der Waals surface area contributed by atoms with Crippen LogP contribution in [-0.4, -0.2) is 47.0 Å². The summed E-state index contributed by atoms with van der Waals surface area (Å²) in [6.07, 6.45) is 3.81. The average molecular weight is 457 g/mol. The van der Waals surface area contributed by atoms with Crippen LogP contribution < -0.4 is 4.74 Å². The number of amides is 1. The van der Waals surface area contributed by atoms with E-state index in [1.165, 1.54) is 23.9 Å². The molecular formula is C23H24N2O6S. The van der Waals surface area contributed by atoms with Crippen molar-refractivity contribution >= 4 is 35.4 Å². The first kappa shape index (κ1) is 23.3. The second-order valence-electron chi connectivity index (χ2n) is 7.46. The first-order chi connectivity index (χ1) is 15.3. The number of carbonyl (C=O) groups excluding carboxylic acids is 1. The Kier molecular flexibility index (Phi) is 7.53. The molecule has 168 valence electrons. The van der Waals surface area contributed by atoms with Gasteiger partial charge < -0.3 is 14.7 Å². The maximum atomic E-state index is 12.5. The fourth-order valence-electron chi connectivity index (χ4n) is 3.53. The van der Waals surface area contributed by atoms with Crippen molar-refractivity contribution in [2.45, 2.75) is 29.6 Å². The highest BCUT2D eigenvalue weighted by Crippen LogP contribution is 2.40. The largest absolute Gasteiger partial charge is 0.496 e. The highest BCUT2D eigenvalue weighted by Gasteiger charge is 2.26. The Morgan fingerprint density at radius 2 is 1.91 bits per heavy atom. The lowest BCUT2D eigenvalue weighted by molar-refractivity contribution is -0.387. The molecule has 8 nitrogen and oxygen atoms in total. The SMILES string of the molecule is COc1ccccc1Sc1cc(C)c(/C=C/C(=O)N2CCC(C(=O)O)CC2)cc1[N+](=O)[O-]. The van der Waals surface area contributed by atoms with Gasteiger partial charge in [0, 0.05) is 25.2 Å². The minimum atomic E-state index is -0.832. The zero-order valence-electron chi connectivity index (χ0n) is 17.8. The Labute approximate surface area is 190 Å². The summed E-state index contributed by atoms with van der Waals surface area (Å²) in [6, 6.07) is 10.5. The lowest BCUT2D eigenvalue weighted by Crippen LogP contribution is -2.39. The maximum Gasteiger partial charge on any atom is 0.306 e. The molecule has 32 heavy (non-hydrogen) atoms. The van der Waals surface area contributed by atoms with E-state index in [4.69, 9.17) is 9.84 Å². The molecular weight excluding hydrogens is 432 g/mol. The molecule has 1 amide bonds. The summed E-state index contributed by atoms with van der Waals surface area (Å²) in [7, 11) is 1.55. The zero-order chi connectivity index (χ0) is 23.3. The number of carboxylic acid groups (broad SMARTS) is 1. The van der Waals surface area contributed by atoms with E-state index in [1.807, 2.05) is 25.1 Å². The van der Waals surface area contributed by atoms with Crippen molar-refractivity contribution in [2.24, 2.45) is 5.92 Å². The Hall–Kier alpha value is -3.33. The van der Waals surface area contributed by atoms with E-state index in [1.54, 1.807) is 30.2 Å². The minimum absolute atomic E-state index is 0.0547. The van der Waals surface area contributed by atoms with E-state index in [0.717, 1.165) is 10.5 Å². The third kappa shape index (κ3) is 5.47. The molecule has 1 saturated heterocycles. The van der Waals surface area contributed by atoms with Crippen LogP contribution in [0.1, 0.15) is 24.0 Å². The van der Waals surface area contributed by atoms with Crippen LogP contribution in [0.4, 0.5) is 5.69 Å². The van der Waals surface area contributed by atoms with Crippen molar-refractivity contribution in [3.8, 4) is 5.75 Å². The predicted octanol–water partition coefficient (Wildman–Crippen LogP) is 4.40. The number of aryl methyl sites for hydroxylation is 1. The zero-order valence-corrected chi connectivity index (χ0v) is 18.6. The van der Waals surface area contributed by atoms with Crippen LogP contribution in [0.25, 0.3) is 6.08 Å². The molecule has 1 aliphatic heterocycles. The Morgan fingerprint density at radius 3 is 2.53 bits per heavy atom. The van der Waals surface area contributed by atoms with Gasteiger partial charge >= 0.3 is 5.97 Å². The van der Waals surface area contributed by atoms with Gasteiger partial charge in [-0.25, -0.2) is 0 Å². The van der Waals surface area contributed by atoms with Gasteiger partial charge in [0.2, 0.25) is 5.91 Å². The summed E-state index contributed by atoms with van der Waals surface area (Å²) in [5.41, 5.74) is 1.32. The van der Waals surface area contributed by atoms with Gasteiger partial charge in [0.15, 0.2) is 0 Å². The Morgan fingerprint density at radius 1 is 1.22 bits per heavy atom. The quantitative estimate of drug-likeness (QED) is 0.373. The number of piperidine rings is 1. The molecule has 0 aromatic heterocycles. The van der Waals surface area contributed by atoms with E-state index in [2.05, 4.69) is 0 Å². The number of nitro benzene ring substituents is 1. The monoisotopic (exact) mass is 456 g/mol. The molecule has 2 aromatic carbocycles. The van der Waals surface area contributed by atoms with Gasteiger partial charge in [0.1, 0.15) is 5.75 Å². The normalized spacial score (nSPS) is 14.5. The summed E-state index contributed by atoms with van der Waals surface area (Å²) >= 11 is 1.25. The van der Waals surface area contributed by atoms with E-state index in [0.29, 0.717) is 42.1 Å². The molecule has 0 atom stereocenters. The molecule has 0 saturated carbocycles. The highest BCUT2D eigenvalue weighted by atomic mass is 32.2. The second-order valence-corrected chi connectivity index (χ2v) is 8.54. The van der Waals surface area contributed by atoms with Crippen LogP contribution >= 0.6 is 11.8 Å². The average Bonchev–Trinajstić information content (AvgIpc) is 2.78. The number of carboxylic acids is 1. The van der Waals surface area contributed by atoms with Crippen molar-refractivity contribution in [1.82, 2.24) is 4.90 Å². The number of methoxy groups -OCH3 is 1. The summed E-state index contributed by atoms with van der Waals surface area (Å²) < 4.78 is 5.34. The van der Waals surface area contributed by atoms with Crippen molar-refractivity contribution in [3.05, 3.63) is 63.7 Å². The van der Waals surface area contributed by atoms with Crippen LogP contribution in [0.2, 0.25) is 0 Å². The number of aliphatic carboxylic acids is 1. The number of nitro groups is 1. The van der Waals surface area contributed by atoms with Gasteiger partial charge in [-0.1, -0.05) is 23.9 Å². The molecule has 0 aliphatic carbocycles. The number of ether oxygens (including phenoxy) is 1. The van der Waals surface area contributed by atoms with Crippen molar-refractivity contribution in [3.63, 3.8) is 0 Å². The molecule has 0 radical (unpaired) electrons. The van der Waals surface area contributed by atoms with Gasteiger partial charge in [-0.3, -0.25) is 19.7 Å². The fraction of sp³-hybridized carbons (Fsp3) is 0.304. The van der Waals surface area contributed by atoms with E-state index >= 15 is 0 Å². The summed E-state index contributed by atoms with van der Waals surface area (Å²) in [5.74, 6) is -0.850. The molecule has 2 aromatic rings. The third-order valence-corrected chi connectivity index (χ3v) is 6.50. The predicted molar refractivity (Wildman–Crippen MR) is 121 cm³/mol. The lowest BCUT2D eigenvalue weighted by atomic mass is 9.97. The van der Waals surface area contributed by atoms with Crippen LogP contribution in [0, 0.1) is 23.0 Å². The minimum Gasteiger partial charge on any atom is -0.496 e. The smallest absolute Gasteiger partial charge is 0.306 e. The molecule has 0 unspecified atom stereocenters. The van der Waals surface area contributed by atoms with Gasteiger partial charge in [0.25, 0.3) is 5.69 Å². The molecule has 1 heterocycles. The number of carbonyl (C=O) groups is 2. The van der Waals surface area contributed by atoms with E-state index in [-0.39, 0.29) is 11.6 Å². The number of hydrogen-bond acceptors (Lipinski definition) is 6. The standard InChI is InChI=1S/C23H24N2O6S/c1-15-13-21(32-20-6-4-3-5-19(20)31-2)18(25(29)30)14-17(15)7-8-22(26)24-11-9-16(10-12-24)23(27)28/h3-8,13-14,16H,9-12H2,1-2H3,(H,27,28)/b8-7+. The number of rotatable bonds is 7. The summed E-state index contributed by atoms with van der Waals surface area (Å²) in [4.78, 5) is 37.7. The van der Waals surface area contributed by atoms with Crippen LogP contribution in [0.15, 0.2) is 52.3 Å². The molecule has 1 aliphatic rings. The first-order valence-electron chi connectivity index (χ1n) is 10.1. The highest BCUT2D eigenvalue weighted by molar-refractivity contribution is 7.99. The van der Waals surface area contributed by atoms with Crippen molar-refractivity contribution in [2.75, 3.05) is 20.2 Å². The summed E-state index contributed by atoms with van der Waals surface area (Å²) in [6.45, 7) is 2.60. The second kappa shape index (κ2) is 10.3. The molecule has 1 N–H and O–H groups in total. The number of para-hydroxylation sites is 1. The van der Waals surface area contributed by atoms with Crippen molar-refractivity contribution < 1.29 is 24.4 Å². The van der Waals surface area contributed by atoms with Crippen LogP contribution in [-0.2, 0) is 9.59 Å². The first-order valence-corrected chi connectivity index (χ1v) is 10.9. The van der Waals surface area contributed by atoms with Gasteiger partial charge in [0.05, 0.1) is 27.7 Å². The number of nitrogens with zero attached hydrogens (tertiary/aromatic N) is 2. The Balaban J connectivity index is 1.79. The lowest BCUT2D eigenvalue weighted by Gasteiger charge is -2.29. The number of hydrogen-bond donors (Lipinski definition) is 1. The van der Waals surface area contributed by atoms with E-state index in [9.17, 15) is 19.7 Å². The van der Waals surface area contributed by atoms with Gasteiger partial charge in [-0.15, -0.1) is 0 Å². The fourth-order valence-corrected chi connectivity index (χ4v) is 4.63. The van der Waals surface area contributed by atoms with Gasteiger partial charge in [-0.05, 0) is 55.2 Å². The molecule has 9 heteroatoms. The van der Waals surface area contributed by atoms with Gasteiger partial charge in [-0.2, -0.15) is 0 Å². The molecule has 0 bridgehead atoms. The molecule has 1 fully saturated rings. The third-order valence-electron chi connectivity index (χ3n) is 5.39. The maximum absolute atomic E-state index is 12.5. The van der Waals surface area contributed by atoms with Crippen molar-refractivity contribution in [1.29, 1.82) is 0 Å². The number of likely N-dealkylation sites (tertiary alicyclic amines) is 1. The Bertz CT molecular complexity index is 1060. The van der Waals surface area contributed by atoms with E-state index < -0.39 is 16.8 Å². The molecule has 3 rings (SSSR count). The topological polar surface area (TPSA) is 110 Å². The molecule has 0 spiro atoms. The van der Waals surface area contributed by atoms with Crippen LogP contribution in [0.5, 0.6) is 5.75 Å². The number of benzene rings is 2. The van der Waals surface area contributed by atoms with Crippen LogP contribution in [0.3, 0.4) is 0 Å². The summed E-state index contributed by atoms with van der Waals surface area (Å²) in [5, 5.41) is 20.8.